The first-order valence-electron chi connectivity index (χ1n) is 9.35. The first-order valence-corrected chi connectivity index (χ1v) is 9.35. The Morgan fingerprint density at radius 1 is 1.11 bits per heavy atom. The summed E-state index contributed by atoms with van der Waals surface area (Å²) in [5, 5.41) is 0. The highest BCUT2D eigenvalue weighted by atomic mass is 16.5. The molecule has 0 radical (unpaired) electrons. The van der Waals surface area contributed by atoms with Gasteiger partial charge in [-0.25, -0.2) is 4.79 Å². The van der Waals surface area contributed by atoms with Crippen molar-refractivity contribution in [3.8, 4) is 16.9 Å². The van der Waals surface area contributed by atoms with Gasteiger partial charge in [0.25, 0.3) is 0 Å². The second-order valence-electron chi connectivity index (χ2n) is 7.07. The van der Waals surface area contributed by atoms with Crippen molar-refractivity contribution >= 4 is 5.97 Å². The highest BCUT2D eigenvalue weighted by molar-refractivity contribution is 5.90. The Labute approximate surface area is 164 Å². The predicted molar refractivity (Wildman–Crippen MR) is 106 cm³/mol. The van der Waals surface area contributed by atoms with Crippen molar-refractivity contribution in [1.29, 1.82) is 0 Å². The van der Waals surface area contributed by atoms with Gasteiger partial charge in [-0.3, -0.25) is 9.97 Å². The lowest BCUT2D eigenvalue weighted by Crippen LogP contribution is -2.06. The molecule has 142 valence electrons. The summed E-state index contributed by atoms with van der Waals surface area (Å²) >= 11 is 0. The zero-order valence-electron chi connectivity index (χ0n) is 16.0. The second-order valence-corrected chi connectivity index (χ2v) is 7.07. The topological polar surface area (TPSA) is 61.3 Å². The van der Waals surface area contributed by atoms with E-state index in [9.17, 15) is 4.79 Å². The Morgan fingerprint density at radius 3 is 2.64 bits per heavy atom. The fraction of sp³-hybridized carbons (Fsp3) is 0.261. The van der Waals surface area contributed by atoms with Crippen LogP contribution in [0.1, 0.15) is 45.8 Å². The lowest BCUT2D eigenvalue weighted by atomic mass is 10.00. The van der Waals surface area contributed by atoms with Crippen molar-refractivity contribution in [2.75, 3.05) is 7.11 Å². The fourth-order valence-electron chi connectivity index (χ4n) is 3.33. The standard InChI is InChI=1S/C23H22N2O3/c1-15-21(17-5-6-17)9-19(23(26)27-2)10-22(15)28-14-16-8-20(13-25-11-16)18-4-3-7-24-12-18/h3-4,7-13,17H,5-6,14H2,1-2H3. The number of hydrogen-bond donors (Lipinski definition) is 0. The van der Waals surface area contributed by atoms with Crippen molar-refractivity contribution < 1.29 is 14.3 Å². The molecule has 0 aliphatic heterocycles. The van der Waals surface area contributed by atoms with Crippen molar-refractivity contribution in [1.82, 2.24) is 9.97 Å². The van der Waals surface area contributed by atoms with Crippen LogP contribution in [-0.4, -0.2) is 23.0 Å². The van der Waals surface area contributed by atoms with E-state index in [1.165, 1.54) is 12.7 Å². The quantitative estimate of drug-likeness (QED) is 0.586. The molecule has 5 heteroatoms. The van der Waals surface area contributed by atoms with Gasteiger partial charge in [0.1, 0.15) is 12.4 Å². The molecule has 1 aromatic carbocycles. The Morgan fingerprint density at radius 2 is 1.93 bits per heavy atom. The molecular weight excluding hydrogens is 352 g/mol. The van der Waals surface area contributed by atoms with Crippen LogP contribution in [0.4, 0.5) is 0 Å². The summed E-state index contributed by atoms with van der Waals surface area (Å²) in [6, 6.07) is 9.66. The van der Waals surface area contributed by atoms with Gasteiger partial charge in [0, 0.05) is 41.5 Å². The van der Waals surface area contributed by atoms with Crippen molar-refractivity contribution in [2.45, 2.75) is 32.3 Å². The molecule has 0 unspecified atom stereocenters. The summed E-state index contributed by atoms with van der Waals surface area (Å²) in [5.41, 5.74) is 5.76. The van der Waals surface area contributed by atoms with Crippen LogP contribution in [0.2, 0.25) is 0 Å². The molecule has 5 nitrogen and oxygen atoms in total. The highest BCUT2D eigenvalue weighted by Crippen LogP contribution is 2.44. The van der Waals surface area contributed by atoms with E-state index >= 15 is 0 Å². The number of ether oxygens (including phenoxy) is 2. The lowest BCUT2D eigenvalue weighted by molar-refractivity contribution is 0.0600. The van der Waals surface area contributed by atoms with Gasteiger partial charge in [-0.15, -0.1) is 0 Å². The summed E-state index contributed by atoms with van der Waals surface area (Å²) in [7, 11) is 1.40. The molecule has 0 bridgehead atoms. The van der Waals surface area contributed by atoms with Crippen LogP contribution >= 0.6 is 0 Å². The van der Waals surface area contributed by atoms with Crippen LogP contribution in [-0.2, 0) is 11.3 Å². The normalized spacial score (nSPS) is 13.2. The van der Waals surface area contributed by atoms with Crippen LogP contribution in [0, 0.1) is 6.92 Å². The minimum Gasteiger partial charge on any atom is -0.489 e. The van der Waals surface area contributed by atoms with Gasteiger partial charge in [-0.05, 0) is 61.1 Å². The van der Waals surface area contributed by atoms with Crippen LogP contribution < -0.4 is 4.74 Å². The summed E-state index contributed by atoms with van der Waals surface area (Å²) in [6.45, 7) is 2.42. The molecule has 0 atom stereocenters. The lowest BCUT2D eigenvalue weighted by Gasteiger charge is -2.15. The average Bonchev–Trinajstić information content (AvgIpc) is 3.58. The Kier molecular flexibility index (Phi) is 5.06. The summed E-state index contributed by atoms with van der Waals surface area (Å²) in [5.74, 6) is 0.895. The minimum atomic E-state index is -0.341. The van der Waals surface area contributed by atoms with Gasteiger partial charge < -0.3 is 9.47 Å². The maximum Gasteiger partial charge on any atom is 0.337 e. The molecule has 2 aromatic heterocycles. The number of carbonyl (C=O) groups excluding carboxylic acids is 1. The molecule has 1 aliphatic rings. The van der Waals surface area contributed by atoms with E-state index in [2.05, 4.69) is 9.97 Å². The molecule has 3 aromatic rings. The molecular formula is C23H22N2O3. The Bertz CT molecular complexity index is 998. The van der Waals surface area contributed by atoms with E-state index in [-0.39, 0.29) is 5.97 Å². The third kappa shape index (κ3) is 3.88. The van der Waals surface area contributed by atoms with Crippen LogP contribution in [0.5, 0.6) is 5.75 Å². The van der Waals surface area contributed by atoms with Crippen molar-refractivity contribution in [3.05, 3.63) is 77.4 Å². The van der Waals surface area contributed by atoms with E-state index in [1.54, 1.807) is 18.5 Å². The monoisotopic (exact) mass is 374 g/mol. The van der Waals surface area contributed by atoms with Gasteiger partial charge >= 0.3 is 5.97 Å². The highest BCUT2D eigenvalue weighted by Gasteiger charge is 2.28. The zero-order valence-corrected chi connectivity index (χ0v) is 16.0. The number of rotatable bonds is 6. The number of methoxy groups -OCH3 is 1. The van der Waals surface area contributed by atoms with Crippen molar-refractivity contribution in [3.63, 3.8) is 0 Å². The molecule has 0 saturated heterocycles. The smallest absolute Gasteiger partial charge is 0.337 e. The average molecular weight is 374 g/mol. The fourth-order valence-corrected chi connectivity index (χ4v) is 3.33. The van der Waals surface area contributed by atoms with Gasteiger partial charge in [0.15, 0.2) is 0 Å². The third-order valence-electron chi connectivity index (χ3n) is 5.02. The molecule has 4 rings (SSSR count). The predicted octanol–water partition coefficient (Wildman–Crippen LogP) is 4.70. The first-order chi connectivity index (χ1) is 13.7. The number of pyridine rings is 2. The maximum absolute atomic E-state index is 12.1. The molecule has 0 N–H and O–H groups in total. The number of esters is 1. The summed E-state index contributed by atoms with van der Waals surface area (Å²) in [4.78, 5) is 20.5. The molecule has 2 heterocycles. The minimum absolute atomic E-state index is 0.341. The maximum atomic E-state index is 12.1. The van der Waals surface area contributed by atoms with Crippen LogP contribution in [0.15, 0.2) is 55.1 Å². The van der Waals surface area contributed by atoms with Gasteiger partial charge in [-0.2, -0.15) is 0 Å². The number of hydrogen-bond acceptors (Lipinski definition) is 5. The van der Waals surface area contributed by atoms with Crippen molar-refractivity contribution in [2.24, 2.45) is 0 Å². The van der Waals surface area contributed by atoms with E-state index in [0.29, 0.717) is 18.1 Å². The molecule has 0 spiro atoms. The first kappa shape index (κ1) is 18.2. The van der Waals surface area contributed by atoms with E-state index in [0.717, 1.165) is 40.8 Å². The largest absolute Gasteiger partial charge is 0.489 e. The molecule has 28 heavy (non-hydrogen) atoms. The van der Waals surface area contributed by atoms with E-state index < -0.39 is 0 Å². The second kappa shape index (κ2) is 7.80. The Balaban J connectivity index is 1.58. The SMILES string of the molecule is COC(=O)c1cc(OCc2cncc(-c3cccnc3)c2)c(C)c(C2CC2)c1. The number of aromatic nitrogens is 2. The van der Waals surface area contributed by atoms with E-state index in [4.69, 9.17) is 9.47 Å². The number of nitrogens with zero attached hydrogens (tertiary/aromatic N) is 2. The van der Waals surface area contributed by atoms with Crippen LogP contribution in [0.3, 0.4) is 0 Å². The number of carbonyl (C=O) groups is 1. The Hall–Kier alpha value is -3.21. The van der Waals surface area contributed by atoms with Crippen LogP contribution in [0.25, 0.3) is 11.1 Å². The zero-order chi connectivity index (χ0) is 19.5. The van der Waals surface area contributed by atoms with Gasteiger partial charge in [0.05, 0.1) is 12.7 Å². The summed E-state index contributed by atoms with van der Waals surface area (Å²) in [6.07, 6.45) is 9.48. The number of benzene rings is 1. The molecule has 1 saturated carbocycles. The van der Waals surface area contributed by atoms with Gasteiger partial charge in [0.2, 0.25) is 0 Å². The van der Waals surface area contributed by atoms with Gasteiger partial charge in [-0.1, -0.05) is 6.07 Å². The summed E-state index contributed by atoms with van der Waals surface area (Å²) < 4.78 is 11.0. The molecule has 1 fully saturated rings. The molecule has 1 aliphatic carbocycles. The molecule has 0 amide bonds. The van der Waals surface area contributed by atoms with E-state index in [1.807, 2.05) is 43.6 Å². The third-order valence-corrected chi connectivity index (χ3v) is 5.02.